The van der Waals surface area contributed by atoms with Gasteiger partial charge in [-0.1, -0.05) is 30.9 Å². The van der Waals surface area contributed by atoms with Gasteiger partial charge >= 0.3 is 0 Å². The Hall–Kier alpha value is -3.67. The van der Waals surface area contributed by atoms with Crippen molar-refractivity contribution in [3.8, 4) is 5.75 Å². The minimum Gasteiger partial charge on any atom is -0.490 e. The van der Waals surface area contributed by atoms with Gasteiger partial charge < -0.3 is 15.4 Å². The molecule has 0 aliphatic carbocycles. The van der Waals surface area contributed by atoms with E-state index in [2.05, 4.69) is 6.58 Å². The number of hydrogen-bond acceptors (Lipinski definition) is 4. The van der Waals surface area contributed by atoms with E-state index in [-0.39, 0.29) is 11.8 Å². The van der Waals surface area contributed by atoms with Crippen LogP contribution in [0.25, 0.3) is 10.9 Å². The third-order valence-corrected chi connectivity index (χ3v) is 5.66. The zero-order valence-corrected chi connectivity index (χ0v) is 17.3. The molecule has 2 N–H and O–H groups in total. The lowest BCUT2D eigenvalue weighted by Gasteiger charge is -2.32. The average molecular weight is 415 g/mol. The molecule has 0 radical (unpaired) electrons. The normalized spacial score (nSPS) is 14.4. The van der Waals surface area contributed by atoms with Gasteiger partial charge in [0.2, 0.25) is 0 Å². The predicted molar refractivity (Wildman–Crippen MR) is 120 cm³/mol. The number of pyridine rings is 1. The highest BCUT2D eigenvalue weighted by atomic mass is 16.5. The number of likely N-dealkylation sites (tertiary alicyclic amines) is 1. The number of nitrogens with two attached hydrogens (primary N) is 1. The molecule has 1 aliphatic rings. The monoisotopic (exact) mass is 415 g/mol. The van der Waals surface area contributed by atoms with Crippen molar-refractivity contribution in [1.29, 1.82) is 0 Å². The van der Waals surface area contributed by atoms with Gasteiger partial charge in [0.25, 0.3) is 11.8 Å². The summed E-state index contributed by atoms with van der Waals surface area (Å²) in [4.78, 5) is 31.6. The van der Waals surface area contributed by atoms with E-state index in [1.165, 1.54) is 0 Å². The van der Waals surface area contributed by atoms with Gasteiger partial charge in [-0.15, -0.1) is 0 Å². The molecular formula is C25H25N3O3. The molecule has 6 nitrogen and oxygen atoms in total. The maximum absolute atomic E-state index is 12.9. The van der Waals surface area contributed by atoms with Gasteiger partial charge in [-0.2, -0.15) is 0 Å². The highest BCUT2D eigenvalue weighted by Gasteiger charge is 2.28. The van der Waals surface area contributed by atoms with E-state index in [0.717, 1.165) is 29.4 Å². The van der Waals surface area contributed by atoms with Crippen molar-refractivity contribution in [2.75, 3.05) is 19.7 Å². The van der Waals surface area contributed by atoms with Crippen molar-refractivity contribution in [1.82, 2.24) is 9.88 Å². The van der Waals surface area contributed by atoms with Crippen LogP contribution in [-0.2, 0) is 0 Å². The van der Waals surface area contributed by atoms with Gasteiger partial charge in [0.1, 0.15) is 12.4 Å². The fourth-order valence-corrected chi connectivity index (χ4v) is 4.03. The Kier molecular flexibility index (Phi) is 5.98. The second-order valence-electron chi connectivity index (χ2n) is 7.67. The molecule has 3 aromatic rings. The van der Waals surface area contributed by atoms with Gasteiger partial charge in [0, 0.05) is 30.0 Å². The van der Waals surface area contributed by atoms with Crippen molar-refractivity contribution in [3.63, 3.8) is 0 Å². The first-order valence-corrected chi connectivity index (χ1v) is 10.4. The summed E-state index contributed by atoms with van der Waals surface area (Å²) in [6.07, 6.45) is 3.15. The number of hydrogen-bond donors (Lipinski definition) is 1. The zero-order chi connectivity index (χ0) is 21.8. The number of primary amides is 1. The van der Waals surface area contributed by atoms with E-state index in [1.807, 2.05) is 35.2 Å². The molecule has 1 aromatic heterocycles. The standard InChI is InChI=1S/C25H25N3O3/c1-2-15-31-20-9-7-18(8-10-20)25(30)28-13-11-17(12-14-28)23-21(24(26)29)16-19-5-3-4-6-22(19)27-23/h2-10,16-17H,1,11-15H2,(H2,26,29). The first-order chi connectivity index (χ1) is 15.1. The molecule has 31 heavy (non-hydrogen) atoms. The highest BCUT2D eigenvalue weighted by Crippen LogP contribution is 2.31. The van der Waals surface area contributed by atoms with E-state index >= 15 is 0 Å². The summed E-state index contributed by atoms with van der Waals surface area (Å²) in [5.41, 5.74) is 8.33. The van der Waals surface area contributed by atoms with Crippen molar-refractivity contribution >= 4 is 22.7 Å². The van der Waals surface area contributed by atoms with Crippen LogP contribution in [0.4, 0.5) is 0 Å². The molecule has 0 bridgehead atoms. The Bertz CT molecular complexity index is 1120. The van der Waals surface area contributed by atoms with E-state index < -0.39 is 5.91 Å². The van der Waals surface area contributed by atoms with Crippen LogP contribution in [0.1, 0.15) is 45.2 Å². The molecule has 0 spiro atoms. The van der Waals surface area contributed by atoms with E-state index in [9.17, 15) is 9.59 Å². The molecule has 4 rings (SSSR count). The summed E-state index contributed by atoms with van der Waals surface area (Å²) >= 11 is 0. The molecule has 158 valence electrons. The van der Waals surface area contributed by atoms with Crippen LogP contribution >= 0.6 is 0 Å². The summed E-state index contributed by atoms with van der Waals surface area (Å²) in [6, 6.07) is 16.7. The first-order valence-electron chi connectivity index (χ1n) is 10.4. The molecule has 0 saturated carbocycles. The van der Waals surface area contributed by atoms with Crippen LogP contribution in [0.15, 0.2) is 67.3 Å². The van der Waals surface area contributed by atoms with Crippen LogP contribution in [0, 0.1) is 0 Å². The Morgan fingerprint density at radius 2 is 1.84 bits per heavy atom. The van der Waals surface area contributed by atoms with Gasteiger partial charge in [0.05, 0.1) is 16.8 Å². The summed E-state index contributed by atoms with van der Waals surface area (Å²) < 4.78 is 5.47. The maximum atomic E-state index is 12.9. The average Bonchev–Trinajstić information content (AvgIpc) is 2.82. The Labute approximate surface area is 181 Å². The van der Waals surface area contributed by atoms with Gasteiger partial charge in [-0.25, -0.2) is 0 Å². The molecule has 0 atom stereocenters. The second kappa shape index (κ2) is 9.00. The molecule has 1 saturated heterocycles. The minimum atomic E-state index is -0.467. The topological polar surface area (TPSA) is 85.5 Å². The number of para-hydroxylation sites is 1. The van der Waals surface area contributed by atoms with Gasteiger partial charge in [0.15, 0.2) is 0 Å². The fourth-order valence-electron chi connectivity index (χ4n) is 4.03. The van der Waals surface area contributed by atoms with Crippen LogP contribution in [0.5, 0.6) is 5.75 Å². The zero-order valence-electron chi connectivity index (χ0n) is 17.3. The molecule has 2 aromatic carbocycles. The third-order valence-electron chi connectivity index (χ3n) is 5.66. The van der Waals surface area contributed by atoms with Gasteiger partial charge in [-0.3, -0.25) is 14.6 Å². The number of ether oxygens (including phenoxy) is 1. The number of aromatic nitrogens is 1. The number of carbonyl (C=O) groups excluding carboxylic acids is 2. The fraction of sp³-hybridized carbons (Fsp3) is 0.240. The molecule has 0 unspecified atom stereocenters. The summed E-state index contributed by atoms with van der Waals surface area (Å²) in [5.74, 6) is 0.322. The maximum Gasteiger partial charge on any atom is 0.253 e. The molecule has 2 heterocycles. The van der Waals surface area contributed by atoms with Crippen LogP contribution in [-0.4, -0.2) is 41.4 Å². The molecule has 1 fully saturated rings. The molecule has 1 aliphatic heterocycles. The Morgan fingerprint density at radius 1 is 1.13 bits per heavy atom. The number of piperidine rings is 1. The lowest BCUT2D eigenvalue weighted by atomic mass is 9.89. The second-order valence-corrected chi connectivity index (χ2v) is 7.67. The Balaban J connectivity index is 1.47. The quantitative estimate of drug-likeness (QED) is 0.619. The summed E-state index contributed by atoms with van der Waals surface area (Å²) in [5, 5.41) is 0.896. The summed E-state index contributed by atoms with van der Waals surface area (Å²) in [6.45, 7) is 5.26. The van der Waals surface area contributed by atoms with Crippen molar-refractivity contribution in [2.45, 2.75) is 18.8 Å². The van der Waals surface area contributed by atoms with E-state index in [1.54, 1.807) is 30.3 Å². The number of nitrogens with zero attached hydrogens (tertiary/aromatic N) is 2. The number of benzene rings is 2. The number of amides is 2. The van der Waals surface area contributed by atoms with E-state index in [0.29, 0.717) is 36.6 Å². The Morgan fingerprint density at radius 3 is 2.52 bits per heavy atom. The lowest BCUT2D eigenvalue weighted by Crippen LogP contribution is -2.38. The van der Waals surface area contributed by atoms with Crippen LogP contribution < -0.4 is 10.5 Å². The SMILES string of the molecule is C=CCOc1ccc(C(=O)N2CCC(c3nc4ccccc4cc3C(N)=O)CC2)cc1. The predicted octanol–water partition coefficient (Wildman–Crippen LogP) is 3.92. The molecule has 6 heteroatoms. The van der Waals surface area contributed by atoms with Crippen LogP contribution in [0.2, 0.25) is 0 Å². The summed E-state index contributed by atoms with van der Waals surface area (Å²) in [7, 11) is 0. The number of rotatable bonds is 6. The van der Waals surface area contributed by atoms with Crippen molar-refractivity contribution in [2.24, 2.45) is 5.73 Å². The highest BCUT2D eigenvalue weighted by molar-refractivity contribution is 5.98. The van der Waals surface area contributed by atoms with E-state index in [4.69, 9.17) is 15.5 Å². The number of fused-ring (bicyclic) bond motifs is 1. The lowest BCUT2D eigenvalue weighted by molar-refractivity contribution is 0.0711. The van der Waals surface area contributed by atoms with Crippen molar-refractivity contribution in [3.05, 3.63) is 84.1 Å². The minimum absolute atomic E-state index is 0.00434. The first kappa shape index (κ1) is 20.6. The molecular weight excluding hydrogens is 390 g/mol. The smallest absolute Gasteiger partial charge is 0.253 e. The van der Waals surface area contributed by atoms with Gasteiger partial charge in [-0.05, 0) is 49.2 Å². The third kappa shape index (κ3) is 4.43. The molecule has 2 amide bonds. The largest absolute Gasteiger partial charge is 0.490 e. The van der Waals surface area contributed by atoms with Crippen LogP contribution in [0.3, 0.4) is 0 Å². The number of carbonyl (C=O) groups is 2. The van der Waals surface area contributed by atoms with Crippen molar-refractivity contribution < 1.29 is 14.3 Å².